The second kappa shape index (κ2) is 4.92. The van der Waals surface area contributed by atoms with E-state index in [9.17, 15) is 28.1 Å². The molecular weight excluding hydrogens is 323 g/mol. The molecule has 0 spiro atoms. The molecule has 0 radical (unpaired) electrons. The highest BCUT2D eigenvalue weighted by Gasteiger charge is 2.37. The van der Waals surface area contributed by atoms with Crippen molar-refractivity contribution in [3.05, 3.63) is 37.8 Å². The quantitative estimate of drug-likeness (QED) is 0.683. The maximum Gasteiger partial charge on any atom is 0.417 e. The molecule has 1 N–H and O–H groups in total. The van der Waals surface area contributed by atoms with Gasteiger partial charge in [-0.25, -0.2) is 0 Å². The van der Waals surface area contributed by atoms with Crippen molar-refractivity contribution >= 4 is 27.6 Å². The van der Waals surface area contributed by atoms with Crippen molar-refractivity contribution < 1.29 is 28.0 Å². The first-order valence-corrected chi connectivity index (χ1v) is 5.18. The molecule has 0 aliphatic heterocycles. The zero-order valence-corrected chi connectivity index (χ0v) is 10.1. The molecule has 0 saturated carbocycles. The van der Waals surface area contributed by atoms with Crippen molar-refractivity contribution in [1.29, 1.82) is 0 Å². The summed E-state index contributed by atoms with van der Waals surface area (Å²) in [5, 5.41) is 19.0. The fraction of sp³-hybridized carbons (Fsp3) is 0.222. The van der Waals surface area contributed by atoms with Crippen LogP contribution in [0.1, 0.15) is 11.1 Å². The van der Waals surface area contributed by atoms with Crippen molar-refractivity contribution in [2.75, 3.05) is 0 Å². The molecule has 0 unspecified atom stereocenters. The van der Waals surface area contributed by atoms with E-state index in [0.717, 1.165) is 0 Å². The molecule has 0 atom stereocenters. The molecule has 5 nitrogen and oxygen atoms in total. The molecule has 0 fully saturated rings. The summed E-state index contributed by atoms with van der Waals surface area (Å²) in [5.41, 5.74) is -2.47. The minimum Gasteiger partial charge on any atom is -0.481 e. The van der Waals surface area contributed by atoms with Gasteiger partial charge in [0.2, 0.25) is 0 Å². The van der Waals surface area contributed by atoms with Gasteiger partial charge in [0.15, 0.2) is 0 Å². The van der Waals surface area contributed by atoms with E-state index in [-0.39, 0.29) is 0 Å². The Kier molecular flexibility index (Phi) is 3.95. The fourth-order valence-electron chi connectivity index (χ4n) is 1.37. The van der Waals surface area contributed by atoms with Crippen LogP contribution in [0.2, 0.25) is 0 Å². The van der Waals surface area contributed by atoms with Gasteiger partial charge in [0.25, 0.3) is 5.69 Å². The maximum absolute atomic E-state index is 12.7. The fourth-order valence-corrected chi connectivity index (χ4v) is 2.09. The number of benzene rings is 1. The summed E-state index contributed by atoms with van der Waals surface area (Å²) in [7, 11) is 0. The number of alkyl halides is 3. The van der Waals surface area contributed by atoms with E-state index in [1.165, 1.54) is 0 Å². The lowest BCUT2D eigenvalue weighted by atomic mass is 10.0. The predicted molar refractivity (Wildman–Crippen MR) is 57.1 cm³/mol. The third-order valence-electron chi connectivity index (χ3n) is 1.99. The summed E-state index contributed by atoms with van der Waals surface area (Å²) in [4.78, 5) is 20.1. The molecule has 0 amide bonds. The van der Waals surface area contributed by atoms with Crippen LogP contribution >= 0.6 is 15.9 Å². The Morgan fingerprint density at radius 2 is 2.00 bits per heavy atom. The number of carboxylic acid groups (broad SMARTS) is 1. The monoisotopic (exact) mass is 327 g/mol. The van der Waals surface area contributed by atoms with Crippen LogP contribution < -0.4 is 0 Å². The van der Waals surface area contributed by atoms with Gasteiger partial charge in [-0.3, -0.25) is 14.9 Å². The molecule has 1 aromatic rings. The Morgan fingerprint density at radius 3 is 2.39 bits per heavy atom. The lowest BCUT2D eigenvalue weighted by molar-refractivity contribution is -0.385. The van der Waals surface area contributed by atoms with E-state index in [4.69, 9.17) is 5.11 Å². The van der Waals surface area contributed by atoms with E-state index in [1.54, 1.807) is 0 Å². The van der Waals surface area contributed by atoms with Gasteiger partial charge in [0.05, 0.1) is 16.9 Å². The lowest BCUT2D eigenvalue weighted by Crippen LogP contribution is -2.13. The standard InChI is InChI=1S/C9H5BrF3NO4/c10-6-3-5(14(17)18)1-4(2-7(15)16)8(6)9(11,12)13/h1,3H,2H2,(H,15,16). The van der Waals surface area contributed by atoms with Crippen LogP contribution in [-0.4, -0.2) is 16.0 Å². The highest BCUT2D eigenvalue weighted by Crippen LogP contribution is 2.39. The summed E-state index contributed by atoms with van der Waals surface area (Å²) in [5.74, 6) is -1.51. The first kappa shape index (κ1) is 14.4. The van der Waals surface area contributed by atoms with E-state index in [1.807, 2.05) is 0 Å². The van der Waals surface area contributed by atoms with E-state index in [2.05, 4.69) is 15.9 Å². The van der Waals surface area contributed by atoms with Crippen LogP contribution in [0, 0.1) is 10.1 Å². The van der Waals surface area contributed by atoms with Gasteiger partial charge >= 0.3 is 12.1 Å². The Morgan fingerprint density at radius 1 is 1.44 bits per heavy atom. The number of carboxylic acids is 1. The number of non-ortho nitro benzene ring substituents is 1. The number of nitro groups is 1. The summed E-state index contributed by atoms with van der Waals surface area (Å²) in [6, 6.07) is 1.30. The van der Waals surface area contributed by atoms with Crippen LogP contribution in [0.25, 0.3) is 0 Å². The molecule has 0 aliphatic carbocycles. The van der Waals surface area contributed by atoms with Crippen LogP contribution in [0.4, 0.5) is 18.9 Å². The van der Waals surface area contributed by atoms with Gasteiger partial charge in [-0.05, 0) is 21.5 Å². The first-order valence-electron chi connectivity index (χ1n) is 4.38. The zero-order chi connectivity index (χ0) is 14.1. The van der Waals surface area contributed by atoms with E-state index < -0.39 is 44.8 Å². The van der Waals surface area contributed by atoms with Crippen molar-refractivity contribution in [1.82, 2.24) is 0 Å². The van der Waals surface area contributed by atoms with Crippen LogP contribution in [0.3, 0.4) is 0 Å². The Bertz CT molecular complexity index is 515. The smallest absolute Gasteiger partial charge is 0.417 e. The second-order valence-electron chi connectivity index (χ2n) is 3.29. The average molecular weight is 328 g/mol. The summed E-state index contributed by atoms with van der Waals surface area (Å²) < 4.78 is 37.5. The Hall–Kier alpha value is -1.64. The van der Waals surface area contributed by atoms with Gasteiger partial charge in [0.1, 0.15) is 0 Å². The number of halogens is 4. The van der Waals surface area contributed by atoms with Crippen molar-refractivity contribution in [3.8, 4) is 0 Å². The number of nitro benzene ring substituents is 1. The highest BCUT2D eigenvalue weighted by molar-refractivity contribution is 9.10. The highest BCUT2D eigenvalue weighted by atomic mass is 79.9. The van der Waals surface area contributed by atoms with Gasteiger partial charge in [-0.1, -0.05) is 0 Å². The van der Waals surface area contributed by atoms with Gasteiger partial charge in [0, 0.05) is 16.6 Å². The molecule has 1 aromatic carbocycles. The minimum atomic E-state index is -4.79. The number of hydrogen-bond donors (Lipinski definition) is 1. The maximum atomic E-state index is 12.7. The predicted octanol–water partition coefficient (Wildman–Crippen LogP) is 3.00. The molecule has 0 saturated heterocycles. The molecule has 0 aromatic heterocycles. The molecular formula is C9H5BrF3NO4. The largest absolute Gasteiger partial charge is 0.481 e. The third kappa shape index (κ3) is 3.19. The van der Waals surface area contributed by atoms with E-state index >= 15 is 0 Å². The summed E-state index contributed by atoms with van der Waals surface area (Å²) >= 11 is 2.57. The minimum absolute atomic E-state index is 0.555. The molecule has 0 heterocycles. The molecule has 98 valence electrons. The molecule has 9 heteroatoms. The van der Waals surface area contributed by atoms with Gasteiger partial charge < -0.3 is 5.11 Å². The topological polar surface area (TPSA) is 80.4 Å². The van der Waals surface area contributed by atoms with Crippen LogP contribution in [-0.2, 0) is 17.4 Å². The summed E-state index contributed by atoms with van der Waals surface area (Å²) in [6.07, 6.45) is -5.74. The third-order valence-corrected chi connectivity index (χ3v) is 2.62. The number of rotatable bonds is 3. The average Bonchev–Trinajstić information content (AvgIpc) is 2.12. The number of carbonyl (C=O) groups is 1. The van der Waals surface area contributed by atoms with Crippen molar-refractivity contribution in [2.24, 2.45) is 0 Å². The van der Waals surface area contributed by atoms with E-state index in [0.29, 0.717) is 12.1 Å². The first-order chi connectivity index (χ1) is 8.12. The molecule has 18 heavy (non-hydrogen) atoms. The van der Waals surface area contributed by atoms with Crippen LogP contribution in [0.15, 0.2) is 16.6 Å². The Labute approximate surface area is 106 Å². The second-order valence-corrected chi connectivity index (χ2v) is 4.14. The van der Waals surface area contributed by atoms with Crippen LogP contribution in [0.5, 0.6) is 0 Å². The van der Waals surface area contributed by atoms with Gasteiger partial charge in [-0.15, -0.1) is 0 Å². The lowest BCUT2D eigenvalue weighted by Gasteiger charge is -2.13. The molecule has 1 rings (SSSR count). The Balaban J connectivity index is 3.49. The normalized spacial score (nSPS) is 11.3. The number of nitrogens with zero attached hydrogens (tertiary/aromatic N) is 1. The van der Waals surface area contributed by atoms with Gasteiger partial charge in [-0.2, -0.15) is 13.2 Å². The SMILES string of the molecule is O=C(O)Cc1cc([N+](=O)[O-])cc(Br)c1C(F)(F)F. The zero-order valence-electron chi connectivity index (χ0n) is 8.49. The van der Waals surface area contributed by atoms with Crippen molar-refractivity contribution in [2.45, 2.75) is 12.6 Å². The van der Waals surface area contributed by atoms with Crippen molar-refractivity contribution in [3.63, 3.8) is 0 Å². The number of aliphatic carboxylic acids is 1. The summed E-state index contributed by atoms with van der Waals surface area (Å²) in [6.45, 7) is 0. The number of hydrogen-bond acceptors (Lipinski definition) is 3. The molecule has 0 bridgehead atoms. The molecule has 0 aliphatic rings.